The largest absolute Gasteiger partial charge is 0.326 e. The van der Waals surface area contributed by atoms with Crippen molar-refractivity contribution in [2.45, 2.75) is 26.7 Å². The predicted octanol–water partition coefficient (Wildman–Crippen LogP) is 3.08. The predicted molar refractivity (Wildman–Crippen MR) is 103 cm³/mol. The molecule has 140 valence electrons. The molecule has 0 radical (unpaired) electrons. The second kappa shape index (κ2) is 9.23. The first-order valence-electron chi connectivity index (χ1n) is 8.28. The number of carbonyl (C=O) groups is 2. The van der Waals surface area contributed by atoms with Gasteiger partial charge in [-0.2, -0.15) is 5.10 Å². The highest BCUT2D eigenvalue weighted by Gasteiger charge is 2.08. The molecule has 27 heavy (non-hydrogen) atoms. The average Bonchev–Trinajstić information content (AvgIpc) is 2.63. The number of amides is 2. The lowest BCUT2D eigenvalue weighted by molar-refractivity contribution is -0.384. The van der Waals surface area contributed by atoms with E-state index >= 15 is 0 Å². The van der Waals surface area contributed by atoms with E-state index in [1.54, 1.807) is 0 Å². The van der Waals surface area contributed by atoms with Crippen LogP contribution in [0, 0.1) is 24.0 Å². The number of rotatable bonds is 7. The molecule has 2 rings (SSSR count). The van der Waals surface area contributed by atoms with Gasteiger partial charge in [-0.1, -0.05) is 17.7 Å². The lowest BCUT2D eigenvalue weighted by atomic mass is 10.1. The Labute approximate surface area is 156 Å². The first kappa shape index (κ1) is 19.8. The Morgan fingerprint density at radius 1 is 1.07 bits per heavy atom. The van der Waals surface area contributed by atoms with Gasteiger partial charge in [-0.05, 0) is 43.2 Å². The van der Waals surface area contributed by atoms with Crippen molar-refractivity contribution < 1.29 is 14.5 Å². The zero-order valence-corrected chi connectivity index (χ0v) is 15.1. The van der Waals surface area contributed by atoms with Crippen molar-refractivity contribution in [3.05, 3.63) is 69.3 Å². The molecule has 8 nitrogen and oxygen atoms in total. The average molecular weight is 368 g/mol. The van der Waals surface area contributed by atoms with Crippen molar-refractivity contribution in [3.63, 3.8) is 0 Å². The van der Waals surface area contributed by atoms with Crippen LogP contribution in [0.25, 0.3) is 0 Å². The van der Waals surface area contributed by atoms with Gasteiger partial charge in [0.25, 0.3) is 5.69 Å². The van der Waals surface area contributed by atoms with E-state index in [9.17, 15) is 19.7 Å². The van der Waals surface area contributed by atoms with Crippen LogP contribution in [-0.4, -0.2) is 23.0 Å². The summed E-state index contributed by atoms with van der Waals surface area (Å²) >= 11 is 0. The molecule has 0 spiro atoms. The molecule has 2 aromatic carbocycles. The highest BCUT2D eigenvalue weighted by Crippen LogP contribution is 2.16. The van der Waals surface area contributed by atoms with E-state index in [1.165, 1.54) is 30.5 Å². The number of nitrogens with zero attached hydrogens (tertiary/aromatic N) is 2. The Morgan fingerprint density at radius 2 is 1.74 bits per heavy atom. The van der Waals surface area contributed by atoms with Gasteiger partial charge in [-0.3, -0.25) is 19.7 Å². The van der Waals surface area contributed by atoms with E-state index in [1.807, 2.05) is 32.0 Å². The van der Waals surface area contributed by atoms with Gasteiger partial charge in [-0.25, -0.2) is 5.43 Å². The van der Waals surface area contributed by atoms with Crippen molar-refractivity contribution in [2.75, 3.05) is 5.32 Å². The van der Waals surface area contributed by atoms with E-state index < -0.39 is 10.8 Å². The highest BCUT2D eigenvalue weighted by molar-refractivity contribution is 5.94. The van der Waals surface area contributed by atoms with Crippen molar-refractivity contribution in [1.82, 2.24) is 5.43 Å². The fourth-order valence-corrected chi connectivity index (χ4v) is 2.31. The third-order valence-electron chi connectivity index (χ3n) is 3.74. The van der Waals surface area contributed by atoms with Crippen molar-refractivity contribution in [1.29, 1.82) is 0 Å². The van der Waals surface area contributed by atoms with Crippen molar-refractivity contribution in [3.8, 4) is 0 Å². The number of non-ortho nitro benzene ring substituents is 1. The zero-order valence-electron chi connectivity index (χ0n) is 15.1. The minimum Gasteiger partial charge on any atom is -0.326 e. The molecule has 0 saturated carbocycles. The van der Waals surface area contributed by atoms with Gasteiger partial charge in [0.15, 0.2) is 0 Å². The van der Waals surface area contributed by atoms with Gasteiger partial charge in [0.1, 0.15) is 0 Å². The fraction of sp³-hybridized carbons (Fsp3) is 0.211. The van der Waals surface area contributed by atoms with Gasteiger partial charge in [0, 0.05) is 30.7 Å². The molecular weight excluding hydrogens is 348 g/mol. The summed E-state index contributed by atoms with van der Waals surface area (Å²) in [6.45, 7) is 3.88. The van der Waals surface area contributed by atoms with Gasteiger partial charge in [-0.15, -0.1) is 0 Å². The van der Waals surface area contributed by atoms with Gasteiger partial charge in [0.2, 0.25) is 11.8 Å². The molecule has 0 heterocycles. The number of benzene rings is 2. The Balaban J connectivity index is 1.76. The normalized spacial score (nSPS) is 10.6. The minimum absolute atomic E-state index is 0.00561. The number of aryl methyl sites for hydroxylation is 2. The first-order valence-corrected chi connectivity index (χ1v) is 8.28. The monoisotopic (exact) mass is 368 g/mol. The Morgan fingerprint density at radius 3 is 2.37 bits per heavy atom. The molecule has 2 aromatic rings. The third kappa shape index (κ3) is 6.35. The van der Waals surface area contributed by atoms with Gasteiger partial charge < -0.3 is 5.32 Å². The van der Waals surface area contributed by atoms with E-state index in [0.717, 1.165) is 16.8 Å². The van der Waals surface area contributed by atoms with Gasteiger partial charge in [0.05, 0.1) is 11.1 Å². The quantitative estimate of drug-likeness (QED) is 0.444. The minimum atomic E-state index is -0.494. The van der Waals surface area contributed by atoms with Crippen LogP contribution in [0.5, 0.6) is 0 Å². The second-order valence-corrected chi connectivity index (χ2v) is 6.01. The summed E-state index contributed by atoms with van der Waals surface area (Å²) in [6.07, 6.45) is 1.40. The summed E-state index contributed by atoms with van der Waals surface area (Å²) in [5.41, 5.74) is 5.70. The van der Waals surface area contributed by atoms with Crippen LogP contribution in [0.4, 0.5) is 11.4 Å². The lowest BCUT2D eigenvalue weighted by Gasteiger charge is -2.08. The molecule has 2 amide bonds. The number of hydrogen-bond acceptors (Lipinski definition) is 5. The van der Waals surface area contributed by atoms with Crippen LogP contribution < -0.4 is 10.7 Å². The molecule has 0 unspecified atom stereocenters. The number of carbonyl (C=O) groups excluding carboxylic acids is 2. The van der Waals surface area contributed by atoms with Crippen molar-refractivity contribution >= 4 is 29.4 Å². The Kier molecular flexibility index (Phi) is 6.76. The number of nitrogens with one attached hydrogen (secondary N) is 2. The molecule has 2 N–H and O–H groups in total. The number of nitro groups is 1. The van der Waals surface area contributed by atoms with Crippen LogP contribution in [-0.2, 0) is 9.59 Å². The number of nitro benzene ring substituents is 1. The summed E-state index contributed by atoms with van der Waals surface area (Å²) in [7, 11) is 0. The maximum Gasteiger partial charge on any atom is 0.269 e. The first-order chi connectivity index (χ1) is 12.8. The van der Waals surface area contributed by atoms with Crippen LogP contribution in [0.3, 0.4) is 0 Å². The molecule has 0 saturated heterocycles. The topological polar surface area (TPSA) is 114 Å². The van der Waals surface area contributed by atoms with E-state index in [-0.39, 0.29) is 24.4 Å². The summed E-state index contributed by atoms with van der Waals surface area (Å²) < 4.78 is 0. The molecule has 0 fully saturated rings. The van der Waals surface area contributed by atoms with Crippen LogP contribution in [0.1, 0.15) is 29.5 Å². The third-order valence-corrected chi connectivity index (χ3v) is 3.74. The molecule has 0 bridgehead atoms. The summed E-state index contributed by atoms with van der Waals surface area (Å²) in [5.74, 6) is -0.652. The molecule has 0 aromatic heterocycles. The standard InChI is InChI=1S/C19H20N4O4/c1-13-3-8-17(14(2)11-13)21-18(24)9-10-19(25)22-20-12-15-4-6-16(7-5-15)23(26)27/h3-8,11-12H,9-10H2,1-2H3,(H,21,24)(H,22,25)/b20-12+. The number of hydrazone groups is 1. The Bertz CT molecular complexity index is 876. The van der Waals surface area contributed by atoms with Gasteiger partial charge >= 0.3 is 0 Å². The lowest BCUT2D eigenvalue weighted by Crippen LogP contribution is -2.20. The van der Waals surface area contributed by atoms with E-state index in [4.69, 9.17) is 0 Å². The maximum absolute atomic E-state index is 12.0. The summed E-state index contributed by atoms with van der Waals surface area (Å²) in [5, 5.41) is 17.1. The summed E-state index contributed by atoms with van der Waals surface area (Å²) in [6, 6.07) is 11.4. The van der Waals surface area contributed by atoms with E-state index in [0.29, 0.717) is 5.56 Å². The summed E-state index contributed by atoms with van der Waals surface area (Å²) in [4.78, 5) is 33.8. The second-order valence-electron chi connectivity index (χ2n) is 6.01. The molecule has 0 aliphatic heterocycles. The number of hydrogen-bond donors (Lipinski definition) is 2. The van der Waals surface area contributed by atoms with Crippen LogP contribution in [0.15, 0.2) is 47.6 Å². The zero-order chi connectivity index (χ0) is 19.8. The molecule has 0 aliphatic carbocycles. The molecule has 8 heteroatoms. The van der Waals surface area contributed by atoms with E-state index in [2.05, 4.69) is 15.8 Å². The maximum atomic E-state index is 12.0. The van der Waals surface area contributed by atoms with Crippen LogP contribution >= 0.6 is 0 Å². The molecule has 0 atom stereocenters. The van der Waals surface area contributed by atoms with Crippen molar-refractivity contribution in [2.24, 2.45) is 5.10 Å². The molecular formula is C19H20N4O4. The smallest absolute Gasteiger partial charge is 0.269 e. The molecule has 0 aliphatic rings. The highest BCUT2D eigenvalue weighted by atomic mass is 16.6. The SMILES string of the molecule is Cc1ccc(NC(=O)CCC(=O)N/N=C/c2ccc([N+](=O)[O-])cc2)c(C)c1. The Hall–Kier alpha value is -3.55. The fourth-order valence-electron chi connectivity index (χ4n) is 2.31. The van der Waals surface area contributed by atoms with Crippen LogP contribution in [0.2, 0.25) is 0 Å². The number of anilines is 1.